The van der Waals surface area contributed by atoms with Crippen LogP contribution >= 0.6 is 0 Å². The van der Waals surface area contributed by atoms with Gasteiger partial charge in [0, 0.05) is 11.0 Å². The van der Waals surface area contributed by atoms with E-state index in [2.05, 4.69) is 9.36 Å². The van der Waals surface area contributed by atoms with Crippen molar-refractivity contribution in [1.82, 2.24) is 0 Å². The molecule has 0 saturated carbocycles. The maximum atomic E-state index is 12.9. The molecule has 2 aromatic carbocycles. The maximum Gasteiger partial charge on any atom is 0.126 e. The van der Waals surface area contributed by atoms with Crippen LogP contribution in [-0.4, -0.2) is 10.5 Å². The van der Waals surface area contributed by atoms with Crippen LogP contribution in [0.15, 0.2) is 74.3 Å². The summed E-state index contributed by atoms with van der Waals surface area (Å²) in [4.78, 5) is 4.94. The van der Waals surface area contributed by atoms with E-state index in [1.54, 1.807) is 5.41 Å². The zero-order valence-corrected chi connectivity index (χ0v) is 11.9. The molecule has 0 bridgehead atoms. The SMILES string of the molecule is Cc1ccc(C2=CS(=O)(c3ccccc3)=NC=N2)cc1. The van der Waals surface area contributed by atoms with E-state index in [4.69, 9.17) is 0 Å². The third kappa shape index (κ3) is 2.42. The molecule has 1 aliphatic rings. The number of rotatable bonds is 2. The highest BCUT2D eigenvalue weighted by atomic mass is 32.2. The second-order valence-electron chi connectivity index (χ2n) is 4.60. The van der Waals surface area contributed by atoms with Gasteiger partial charge in [-0.05, 0) is 19.1 Å². The van der Waals surface area contributed by atoms with Crippen molar-refractivity contribution in [2.75, 3.05) is 0 Å². The average Bonchev–Trinajstić information content (AvgIpc) is 2.49. The van der Waals surface area contributed by atoms with Gasteiger partial charge in [-0.3, -0.25) is 0 Å². The first-order valence-corrected chi connectivity index (χ1v) is 7.88. The number of nitrogens with zero attached hydrogens (tertiary/aromatic N) is 2. The first-order valence-electron chi connectivity index (χ1n) is 6.30. The van der Waals surface area contributed by atoms with Crippen LogP contribution in [0.5, 0.6) is 0 Å². The van der Waals surface area contributed by atoms with Crippen LogP contribution in [-0.2, 0) is 9.73 Å². The number of benzene rings is 2. The van der Waals surface area contributed by atoms with Crippen molar-refractivity contribution in [2.24, 2.45) is 9.36 Å². The Morgan fingerprint density at radius 2 is 1.65 bits per heavy atom. The van der Waals surface area contributed by atoms with Crippen molar-refractivity contribution in [3.63, 3.8) is 0 Å². The summed E-state index contributed by atoms with van der Waals surface area (Å²) in [5.41, 5.74) is 2.84. The number of aliphatic imine (C=N–C) groups is 1. The fourth-order valence-electron chi connectivity index (χ4n) is 1.98. The Hall–Kier alpha value is -2.20. The molecule has 20 heavy (non-hydrogen) atoms. The first kappa shape index (κ1) is 12.8. The Balaban J connectivity index is 2.09. The van der Waals surface area contributed by atoms with Gasteiger partial charge in [0.25, 0.3) is 0 Å². The lowest BCUT2D eigenvalue weighted by molar-refractivity contribution is 0.683. The van der Waals surface area contributed by atoms with Crippen molar-refractivity contribution in [3.05, 3.63) is 71.1 Å². The number of hydrogen-bond acceptors (Lipinski definition) is 3. The van der Waals surface area contributed by atoms with Crippen molar-refractivity contribution < 1.29 is 4.21 Å². The molecule has 0 aromatic heterocycles. The van der Waals surface area contributed by atoms with Gasteiger partial charge in [-0.25, -0.2) is 9.20 Å². The predicted molar refractivity (Wildman–Crippen MR) is 82.9 cm³/mol. The molecule has 1 unspecified atom stereocenters. The van der Waals surface area contributed by atoms with Crippen LogP contribution in [0.4, 0.5) is 0 Å². The van der Waals surface area contributed by atoms with Crippen molar-refractivity contribution in [2.45, 2.75) is 11.8 Å². The fraction of sp³-hybridized carbons (Fsp3) is 0.0625. The van der Waals surface area contributed by atoms with Crippen LogP contribution in [0.1, 0.15) is 11.1 Å². The minimum atomic E-state index is -2.56. The third-order valence-corrected chi connectivity index (χ3v) is 5.00. The summed E-state index contributed by atoms with van der Waals surface area (Å²) in [6.45, 7) is 2.03. The zero-order chi connectivity index (χ0) is 14.0. The van der Waals surface area contributed by atoms with Crippen molar-refractivity contribution >= 4 is 21.8 Å². The zero-order valence-electron chi connectivity index (χ0n) is 11.1. The van der Waals surface area contributed by atoms with E-state index < -0.39 is 9.73 Å². The van der Waals surface area contributed by atoms with Crippen LogP contribution < -0.4 is 0 Å². The Morgan fingerprint density at radius 3 is 2.35 bits per heavy atom. The molecule has 3 nitrogen and oxygen atoms in total. The second-order valence-corrected chi connectivity index (χ2v) is 6.66. The molecule has 0 spiro atoms. The van der Waals surface area contributed by atoms with E-state index in [0.29, 0.717) is 10.6 Å². The highest BCUT2D eigenvalue weighted by molar-refractivity contribution is 7.97. The van der Waals surface area contributed by atoms with E-state index in [9.17, 15) is 4.21 Å². The van der Waals surface area contributed by atoms with Gasteiger partial charge in [-0.1, -0.05) is 48.0 Å². The van der Waals surface area contributed by atoms with E-state index >= 15 is 0 Å². The molecule has 0 saturated heterocycles. The predicted octanol–water partition coefficient (Wildman–Crippen LogP) is 3.86. The summed E-state index contributed by atoms with van der Waals surface area (Å²) in [5.74, 6) is 0. The summed E-state index contributed by atoms with van der Waals surface area (Å²) in [6, 6.07) is 17.3. The van der Waals surface area contributed by atoms with Gasteiger partial charge in [0.15, 0.2) is 0 Å². The van der Waals surface area contributed by atoms with Gasteiger partial charge in [-0.15, -0.1) is 0 Å². The van der Waals surface area contributed by atoms with Gasteiger partial charge in [0.1, 0.15) is 16.1 Å². The fourth-order valence-corrected chi connectivity index (χ4v) is 3.53. The van der Waals surface area contributed by atoms with Gasteiger partial charge in [0.2, 0.25) is 0 Å². The molecule has 3 rings (SSSR count). The lowest BCUT2D eigenvalue weighted by atomic mass is 10.1. The Kier molecular flexibility index (Phi) is 3.24. The molecule has 100 valence electrons. The normalized spacial score (nSPS) is 21.1. The maximum absolute atomic E-state index is 12.9. The van der Waals surface area contributed by atoms with Crippen molar-refractivity contribution in [3.8, 4) is 0 Å². The number of hydrogen-bond donors (Lipinski definition) is 0. The lowest BCUT2D eigenvalue weighted by Crippen LogP contribution is -2.01. The molecule has 0 amide bonds. The van der Waals surface area contributed by atoms with Crippen LogP contribution in [0.3, 0.4) is 0 Å². The standard InChI is InChI=1S/C16H14N2OS/c1-13-7-9-14(10-8-13)16-11-20(19,18-12-17-16)15-5-3-2-4-6-15/h2-12H,1H3. The Labute approximate surface area is 118 Å². The molecule has 2 aromatic rings. The smallest absolute Gasteiger partial charge is 0.126 e. The minimum Gasteiger partial charge on any atom is -0.240 e. The minimum absolute atomic E-state index is 0.703. The molecule has 0 radical (unpaired) electrons. The molecular formula is C16H14N2OS. The summed E-state index contributed by atoms with van der Waals surface area (Å²) in [5, 5.41) is 1.66. The average molecular weight is 282 g/mol. The summed E-state index contributed by atoms with van der Waals surface area (Å²) >= 11 is 0. The molecule has 0 aliphatic carbocycles. The molecule has 1 atom stereocenters. The van der Waals surface area contributed by atoms with E-state index in [1.165, 1.54) is 11.9 Å². The quantitative estimate of drug-likeness (QED) is 0.824. The molecule has 1 aliphatic heterocycles. The summed E-state index contributed by atoms with van der Waals surface area (Å²) in [6.07, 6.45) is 1.39. The molecule has 1 heterocycles. The van der Waals surface area contributed by atoms with Gasteiger partial charge < -0.3 is 0 Å². The Bertz CT molecular complexity index is 796. The summed E-state index contributed by atoms with van der Waals surface area (Å²) in [7, 11) is -2.56. The van der Waals surface area contributed by atoms with Gasteiger partial charge in [-0.2, -0.15) is 4.36 Å². The van der Waals surface area contributed by atoms with Gasteiger partial charge >= 0.3 is 0 Å². The third-order valence-electron chi connectivity index (χ3n) is 3.10. The topological polar surface area (TPSA) is 41.8 Å². The highest BCUT2D eigenvalue weighted by Crippen LogP contribution is 2.25. The largest absolute Gasteiger partial charge is 0.240 e. The van der Waals surface area contributed by atoms with E-state index in [1.807, 2.05) is 61.5 Å². The highest BCUT2D eigenvalue weighted by Gasteiger charge is 2.14. The second kappa shape index (κ2) is 5.06. The van der Waals surface area contributed by atoms with Gasteiger partial charge in [0.05, 0.1) is 10.6 Å². The molecule has 4 heteroatoms. The van der Waals surface area contributed by atoms with E-state index in [0.717, 1.165) is 5.56 Å². The van der Waals surface area contributed by atoms with E-state index in [-0.39, 0.29) is 0 Å². The van der Waals surface area contributed by atoms with Crippen LogP contribution in [0, 0.1) is 6.92 Å². The lowest BCUT2D eigenvalue weighted by Gasteiger charge is -2.10. The number of aryl methyl sites for hydroxylation is 1. The van der Waals surface area contributed by atoms with Crippen LogP contribution in [0.25, 0.3) is 5.70 Å². The molecule has 0 fully saturated rings. The van der Waals surface area contributed by atoms with Crippen molar-refractivity contribution in [1.29, 1.82) is 0 Å². The summed E-state index contributed by atoms with van der Waals surface area (Å²) < 4.78 is 17.0. The molecular weight excluding hydrogens is 268 g/mol. The van der Waals surface area contributed by atoms with Crippen LogP contribution in [0.2, 0.25) is 0 Å². The molecule has 0 N–H and O–H groups in total. The Morgan fingerprint density at radius 1 is 0.950 bits per heavy atom. The first-order chi connectivity index (χ1) is 9.67. The monoisotopic (exact) mass is 282 g/mol.